The largest absolute Gasteiger partial charge is 0.496 e. The number of ether oxygens (including phenoxy) is 1. The molecule has 0 unspecified atom stereocenters. The van der Waals surface area contributed by atoms with Crippen molar-refractivity contribution in [2.24, 2.45) is 0 Å². The Morgan fingerprint density at radius 2 is 2.17 bits per heavy atom. The summed E-state index contributed by atoms with van der Waals surface area (Å²) in [7, 11) is 1.48. The van der Waals surface area contributed by atoms with Crippen LogP contribution in [-0.2, 0) is 12.8 Å². The molecule has 1 heterocycles. The lowest BCUT2D eigenvalue weighted by atomic mass is 10.2. The van der Waals surface area contributed by atoms with Crippen LogP contribution in [0.15, 0.2) is 23.4 Å². The molecular weight excluding hydrogens is 316 g/mol. The number of anilines is 2. The molecular formula is C15H16N4O3S. The molecule has 0 bridgehead atoms. The number of methoxy groups -OCH3 is 1. The van der Waals surface area contributed by atoms with Crippen LogP contribution in [0, 0.1) is 10.1 Å². The van der Waals surface area contributed by atoms with Crippen LogP contribution < -0.4 is 10.1 Å². The number of aromatic nitrogens is 2. The number of benzene rings is 1. The SMILES string of the molecule is COc1ccc(Nc2nc(SC)nc3c2CCC3)c([N+](=O)[O-])c1. The van der Waals surface area contributed by atoms with E-state index in [1.165, 1.54) is 24.9 Å². The second-order valence-electron chi connectivity index (χ2n) is 5.10. The van der Waals surface area contributed by atoms with Crippen LogP contribution in [0.5, 0.6) is 5.75 Å². The van der Waals surface area contributed by atoms with Crippen LogP contribution in [0.3, 0.4) is 0 Å². The Morgan fingerprint density at radius 1 is 1.35 bits per heavy atom. The lowest BCUT2D eigenvalue weighted by molar-refractivity contribution is -0.384. The molecule has 120 valence electrons. The monoisotopic (exact) mass is 332 g/mol. The van der Waals surface area contributed by atoms with Crippen LogP contribution >= 0.6 is 11.8 Å². The number of thioether (sulfide) groups is 1. The minimum absolute atomic E-state index is 0.0413. The van der Waals surface area contributed by atoms with Gasteiger partial charge in [-0.25, -0.2) is 9.97 Å². The summed E-state index contributed by atoms with van der Waals surface area (Å²) < 4.78 is 5.06. The first-order chi connectivity index (χ1) is 11.1. The fraction of sp³-hybridized carbons (Fsp3) is 0.333. The minimum atomic E-state index is -0.429. The zero-order valence-electron chi connectivity index (χ0n) is 12.8. The number of hydrogen-bond donors (Lipinski definition) is 1. The number of hydrogen-bond acceptors (Lipinski definition) is 7. The van der Waals surface area contributed by atoms with Crippen molar-refractivity contribution in [1.29, 1.82) is 0 Å². The molecule has 0 aliphatic heterocycles. The van der Waals surface area contributed by atoms with E-state index in [0.29, 0.717) is 22.4 Å². The van der Waals surface area contributed by atoms with Crippen LogP contribution in [0.4, 0.5) is 17.2 Å². The summed E-state index contributed by atoms with van der Waals surface area (Å²) in [6, 6.07) is 4.73. The first-order valence-electron chi connectivity index (χ1n) is 7.15. The first kappa shape index (κ1) is 15.5. The number of fused-ring (bicyclic) bond motifs is 1. The molecule has 0 spiro atoms. The molecule has 2 aromatic rings. The third-order valence-corrected chi connectivity index (χ3v) is 4.30. The highest BCUT2D eigenvalue weighted by molar-refractivity contribution is 7.98. The predicted octanol–water partition coefficient (Wildman–Crippen LogP) is 3.35. The van der Waals surface area contributed by atoms with E-state index in [4.69, 9.17) is 4.74 Å². The third-order valence-electron chi connectivity index (χ3n) is 3.75. The third kappa shape index (κ3) is 3.07. The van der Waals surface area contributed by atoms with E-state index in [9.17, 15) is 10.1 Å². The van der Waals surface area contributed by atoms with Gasteiger partial charge < -0.3 is 10.1 Å². The van der Waals surface area contributed by atoms with Crippen molar-refractivity contribution in [3.63, 3.8) is 0 Å². The van der Waals surface area contributed by atoms with Crippen LogP contribution in [0.1, 0.15) is 17.7 Å². The topological polar surface area (TPSA) is 90.2 Å². The van der Waals surface area contributed by atoms with E-state index in [-0.39, 0.29) is 5.69 Å². The number of nitro groups is 1. The van der Waals surface area contributed by atoms with Gasteiger partial charge in [-0.1, -0.05) is 11.8 Å². The second kappa shape index (κ2) is 6.41. The van der Waals surface area contributed by atoms with Gasteiger partial charge in [-0.2, -0.15) is 0 Å². The molecule has 1 N–H and O–H groups in total. The fourth-order valence-corrected chi connectivity index (χ4v) is 3.01. The van der Waals surface area contributed by atoms with E-state index in [2.05, 4.69) is 15.3 Å². The van der Waals surface area contributed by atoms with Gasteiger partial charge in [-0.3, -0.25) is 10.1 Å². The second-order valence-corrected chi connectivity index (χ2v) is 5.88. The van der Waals surface area contributed by atoms with Gasteiger partial charge in [0.2, 0.25) is 0 Å². The molecule has 0 fully saturated rings. The van der Waals surface area contributed by atoms with Crippen molar-refractivity contribution in [3.05, 3.63) is 39.6 Å². The van der Waals surface area contributed by atoms with Crippen molar-refractivity contribution in [3.8, 4) is 5.75 Å². The quantitative estimate of drug-likeness (QED) is 0.388. The molecule has 0 saturated heterocycles. The maximum absolute atomic E-state index is 11.3. The van der Waals surface area contributed by atoms with Crippen molar-refractivity contribution >= 4 is 29.0 Å². The highest BCUT2D eigenvalue weighted by Gasteiger charge is 2.22. The Balaban J connectivity index is 2.03. The van der Waals surface area contributed by atoms with Gasteiger partial charge >= 0.3 is 0 Å². The Kier molecular flexibility index (Phi) is 4.33. The lowest BCUT2D eigenvalue weighted by Gasteiger charge is -2.12. The van der Waals surface area contributed by atoms with Gasteiger partial charge in [-0.15, -0.1) is 0 Å². The molecule has 1 aliphatic rings. The Morgan fingerprint density at radius 3 is 2.87 bits per heavy atom. The van der Waals surface area contributed by atoms with E-state index in [0.717, 1.165) is 30.5 Å². The summed E-state index contributed by atoms with van der Waals surface area (Å²) in [5, 5.41) is 15.1. The van der Waals surface area contributed by atoms with E-state index >= 15 is 0 Å². The average Bonchev–Trinajstić information content (AvgIpc) is 3.03. The molecule has 3 rings (SSSR count). The predicted molar refractivity (Wildman–Crippen MR) is 88.8 cm³/mol. The van der Waals surface area contributed by atoms with Crippen molar-refractivity contribution in [2.75, 3.05) is 18.7 Å². The molecule has 7 nitrogen and oxygen atoms in total. The summed E-state index contributed by atoms with van der Waals surface area (Å²) in [4.78, 5) is 19.9. The van der Waals surface area contributed by atoms with Crippen molar-refractivity contribution in [2.45, 2.75) is 24.4 Å². The van der Waals surface area contributed by atoms with Crippen molar-refractivity contribution < 1.29 is 9.66 Å². The maximum atomic E-state index is 11.3. The standard InChI is InChI=1S/C15H16N4O3S/c1-22-9-6-7-12(13(8-9)19(20)21)16-14-10-4-3-5-11(10)17-15(18-14)23-2/h6-8H,3-5H2,1-2H3,(H,16,17,18). The van der Waals surface area contributed by atoms with Crippen LogP contribution in [-0.4, -0.2) is 28.3 Å². The number of aryl methyl sites for hydroxylation is 1. The summed E-state index contributed by atoms with van der Waals surface area (Å²) in [6.45, 7) is 0. The molecule has 1 aliphatic carbocycles. The normalized spacial score (nSPS) is 12.8. The zero-order valence-corrected chi connectivity index (χ0v) is 13.6. The first-order valence-corrected chi connectivity index (χ1v) is 8.38. The fourth-order valence-electron chi connectivity index (χ4n) is 2.63. The molecule has 23 heavy (non-hydrogen) atoms. The molecule has 1 aromatic carbocycles. The molecule has 1 aromatic heterocycles. The molecule has 0 saturated carbocycles. The number of nitrogens with zero attached hydrogens (tertiary/aromatic N) is 3. The highest BCUT2D eigenvalue weighted by atomic mass is 32.2. The van der Waals surface area contributed by atoms with Crippen LogP contribution in [0.2, 0.25) is 0 Å². The Hall–Kier alpha value is -2.35. The number of nitro benzene ring substituents is 1. The Labute approximate surface area is 137 Å². The highest BCUT2D eigenvalue weighted by Crippen LogP contribution is 2.34. The molecule has 0 amide bonds. The molecule has 0 atom stereocenters. The van der Waals surface area contributed by atoms with Crippen LogP contribution in [0.25, 0.3) is 0 Å². The van der Waals surface area contributed by atoms with E-state index in [1.54, 1.807) is 12.1 Å². The number of nitrogens with one attached hydrogen (secondary N) is 1. The molecule has 0 radical (unpaired) electrons. The summed E-state index contributed by atoms with van der Waals surface area (Å²) in [6.07, 6.45) is 4.75. The summed E-state index contributed by atoms with van der Waals surface area (Å²) in [5.41, 5.74) is 2.44. The summed E-state index contributed by atoms with van der Waals surface area (Å²) >= 11 is 1.46. The molecule has 8 heteroatoms. The van der Waals surface area contributed by atoms with Gasteiger partial charge in [-0.05, 0) is 37.7 Å². The van der Waals surface area contributed by atoms with E-state index in [1.807, 2.05) is 6.26 Å². The smallest absolute Gasteiger partial charge is 0.296 e. The number of rotatable bonds is 5. The maximum Gasteiger partial charge on any atom is 0.296 e. The van der Waals surface area contributed by atoms with Gasteiger partial charge in [0.25, 0.3) is 5.69 Å². The van der Waals surface area contributed by atoms with Gasteiger partial charge in [0.1, 0.15) is 17.3 Å². The zero-order chi connectivity index (χ0) is 16.4. The van der Waals surface area contributed by atoms with Gasteiger partial charge in [0.15, 0.2) is 5.16 Å². The average molecular weight is 332 g/mol. The summed E-state index contributed by atoms with van der Waals surface area (Å²) in [5.74, 6) is 1.10. The van der Waals surface area contributed by atoms with Crippen molar-refractivity contribution in [1.82, 2.24) is 9.97 Å². The van der Waals surface area contributed by atoms with Gasteiger partial charge in [0.05, 0.1) is 23.8 Å². The lowest BCUT2D eigenvalue weighted by Crippen LogP contribution is -2.05. The van der Waals surface area contributed by atoms with E-state index < -0.39 is 4.92 Å². The van der Waals surface area contributed by atoms with Gasteiger partial charge in [0, 0.05) is 5.56 Å². The Bertz CT molecular complexity index is 767. The minimum Gasteiger partial charge on any atom is -0.496 e.